The molecule has 0 bridgehead atoms. The summed E-state index contributed by atoms with van der Waals surface area (Å²) in [5.41, 5.74) is 4.40. The molecule has 1 saturated heterocycles. The molecule has 26 heavy (non-hydrogen) atoms. The fraction of sp³-hybridized carbons (Fsp3) is 0.478. The van der Waals surface area contributed by atoms with Crippen molar-refractivity contribution in [1.29, 1.82) is 0 Å². The first-order chi connectivity index (χ1) is 12.5. The van der Waals surface area contributed by atoms with Crippen LogP contribution in [0.2, 0.25) is 0 Å². The quantitative estimate of drug-likeness (QED) is 0.701. The van der Waals surface area contributed by atoms with Crippen molar-refractivity contribution in [3.63, 3.8) is 0 Å². The molecule has 2 aromatic rings. The van der Waals surface area contributed by atoms with Crippen LogP contribution in [0.25, 0.3) is 0 Å². The molecule has 0 spiro atoms. The number of hydrogen-bond donors (Lipinski definition) is 2. The Labute approximate surface area is 163 Å². The van der Waals surface area contributed by atoms with E-state index in [2.05, 4.69) is 86.2 Å². The Balaban J connectivity index is 1.76. The highest BCUT2D eigenvalue weighted by Gasteiger charge is 2.26. The SMILES string of the molecule is CSc1ccc(C(C)(C)C)cc1CN[C@H]1CCCN[C@H]1c1ccccc1. The van der Waals surface area contributed by atoms with E-state index < -0.39 is 0 Å². The highest BCUT2D eigenvalue weighted by Crippen LogP contribution is 2.29. The molecule has 0 aromatic heterocycles. The fourth-order valence-electron chi connectivity index (χ4n) is 3.74. The monoisotopic (exact) mass is 368 g/mol. The van der Waals surface area contributed by atoms with Crippen LogP contribution >= 0.6 is 11.8 Å². The fourth-order valence-corrected chi connectivity index (χ4v) is 4.34. The van der Waals surface area contributed by atoms with E-state index in [1.165, 1.54) is 34.4 Å². The number of piperidine rings is 1. The highest BCUT2D eigenvalue weighted by atomic mass is 32.2. The van der Waals surface area contributed by atoms with Crippen LogP contribution in [0.15, 0.2) is 53.4 Å². The van der Waals surface area contributed by atoms with Gasteiger partial charge in [0.2, 0.25) is 0 Å². The van der Waals surface area contributed by atoms with Gasteiger partial charge < -0.3 is 10.6 Å². The second-order valence-corrected chi connectivity index (χ2v) is 9.10. The van der Waals surface area contributed by atoms with Crippen molar-refractivity contribution in [2.45, 2.75) is 62.6 Å². The van der Waals surface area contributed by atoms with Gasteiger partial charge in [0.15, 0.2) is 0 Å². The van der Waals surface area contributed by atoms with Crippen LogP contribution in [0.1, 0.15) is 56.3 Å². The Hall–Kier alpha value is -1.29. The normalized spacial score (nSPS) is 20.9. The summed E-state index contributed by atoms with van der Waals surface area (Å²) in [6, 6.07) is 18.7. The lowest BCUT2D eigenvalue weighted by Crippen LogP contribution is -2.45. The van der Waals surface area contributed by atoms with Crippen LogP contribution < -0.4 is 10.6 Å². The Morgan fingerprint density at radius 2 is 1.88 bits per heavy atom. The first-order valence-electron chi connectivity index (χ1n) is 9.68. The zero-order chi connectivity index (χ0) is 18.6. The average molecular weight is 369 g/mol. The topological polar surface area (TPSA) is 24.1 Å². The van der Waals surface area contributed by atoms with Crippen LogP contribution in [0.4, 0.5) is 0 Å². The second kappa shape index (κ2) is 8.60. The molecule has 3 heteroatoms. The minimum Gasteiger partial charge on any atom is -0.309 e. The molecule has 0 aliphatic carbocycles. The summed E-state index contributed by atoms with van der Waals surface area (Å²) in [6.07, 6.45) is 4.63. The lowest BCUT2D eigenvalue weighted by Gasteiger charge is -2.34. The van der Waals surface area contributed by atoms with Gasteiger partial charge >= 0.3 is 0 Å². The molecule has 0 saturated carbocycles. The summed E-state index contributed by atoms with van der Waals surface area (Å²) in [6.45, 7) is 8.89. The first kappa shape index (κ1) is 19.5. The molecular weight excluding hydrogens is 336 g/mol. The average Bonchev–Trinajstić information content (AvgIpc) is 2.66. The molecule has 2 N–H and O–H groups in total. The first-order valence-corrected chi connectivity index (χ1v) is 10.9. The molecule has 2 nitrogen and oxygen atoms in total. The maximum absolute atomic E-state index is 3.86. The van der Waals surface area contributed by atoms with Crippen molar-refractivity contribution in [1.82, 2.24) is 10.6 Å². The van der Waals surface area contributed by atoms with E-state index in [9.17, 15) is 0 Å². The van der Waals surface area contributed by atoms with Crippen LogP contribution in [0.5, 0.6) is 0 Å². The Morgan fingerprint density at radius 3 is 2.58 bits per heavy atom. The van der Waals surface area contributed by atoms with Gasteiger partial charge in [-0.1, -0.05) is 63.2 Å². The largest absolute Gasteiger partial charge is 0.309 e. The van der Waals surface area contributed by atoms with Gasteiger partial charge in [-0.05, 0) is 53.8 Å². The zero-order valence-electron chi connectivity index (χ0n) is 16.5. The molecule has 0 amide bonds. The minimum atomic E-state index is 0.185. The molecule has 1 heterocycles. The van der Waals surface area contributed by atoms with Crippen molar-refractivity contribution < 1.29 is 0 Å². The number of hydrogen-bond acceptors (Lipinski definition) is 3. The van der Waals surface area contributed by atoms with Crippen molar-refractivity contribution in [2.75, 3.05) is 12.8 Å². The molecule has 1 aliphatic heterocycles. The lowest BCUT2D eigenvalue weighted by atomic mass is 9.86. The summed E-state index contributed by atoms with van der Waals surface area (Å²) in [5, 5.41) is 7.58. The molecular formula is C23H32N2S. The van der Waals surface area contributed by atoms with E-state index >= 15 is 0 Å². The number of thioether (sulfide) groups is 1. The van der Waals surface area contributed by atoms with Crippen LogP contribution in [0, 0.1) is 0 Å². The van der Waals surface area contributed by atoms with E-state index in [1.807, 2.05) is 11.8 Å². The third-order valence-electron chi connectivity index (χ3n) is 5.32. The van der Waals surface area contributed by atoms with Crippen LogP contribution in [-0.4, -0.2) is 18.8 Å². The third-order valence-corrected chi connectivity index (χ3v) is 6.16. The Kier molecular flexibility index (Phi) is 6.44. The summed E-state index contributed by atoms with van der Waals surface area (Å²) < 4.78 is 0. The van der Waals surface area contributed by atoms with Crippen molar-refractivity contribution in [2.24, 2.45) is 0 Å². The van der Waals surface area contributed by atoms with Crippen LogP contribution in [0.3, 0.4) is 0 Å². The van der Waals surface area contributed by atoms with Crippen molar-refractivity contribution >= 4 is 11.8 Å². The molecule has 2 aromatic carbocycles. The Morgan fingerprint density at radius 1 is 1.12 bits per heavy atom. The van der Waals surface area contributed by atoms with Gasteiger partial charge in [-0.3, -0.25) is 0 Å². The molecule has 2 atom stereocenters. The summed E-state index contributed by atoms with van der Waals surface area (Å²) in [4.78, 5) is 1.38. The van der Waals surface area contributed by atoms with Gasteiger partial charge in [0, 0.05) is 23.5 Å². The Bertz CT molecular complexity index is 706. The number of nitrogens with one attached hydrogen (secondary N) is 2. The predicted molar refractivity (Wildman–Crippen MR) is 114 cm³/mol. The number of benzene rings is 2. The van der Waals surface area contributed by atoms with E-state index in [4.69, 9.17) is 0 Å². The van der Waals surface area contributed by atoms with E-state index in [1.54, 1.807) is 0 Å². The van der Waals surface area contributed by atoms with Gasteiger partial charge in [-0.2, -0.15) is 0 Å². The molecule has 140 valence electrons. The lowest BCUT2D eigenvalue weighted by molar-refractivity contribution is 0.304. The molecule has 1 fully saturated rings. The van der Waals surface area contributed by atoms with Crippen molar-refractivity contribution in [3.05, 3.63) is 65.2 Å². The van der Waals surface area contributed by atoms with E-state index in [0.717, 1.165) is 13.1 Å². The summed E-state index contributed by atoms with van der Waals surface area (Å²) in [7, 11) is 0. The van der Waals surface area contributed by atoms with Gasteiger partial charge in [0.05, 0.1) is 0 Å². The van der Waals surface area contributed by atoms with Gasteiger partial charge in [-0.25, -0.2) is 0 Å². The summed E-state index contributed by atoms with van der Waals surface area (Å²) >= 11 is 1.84. The zero-order valence-corrected chi connectivity index (χ0v) is 17.3. The maximum Gasteiger partial charge on any atom is 0.0476 e. The van der Waals surface area contributed by atoms with Crippen molar-refractivity contribution in [3.8, 4) is 0 Å². The van der Waals surface area contributed by atoms with Gasteiger partial charge in [0.25, 0.3) is 0 Å². The smallest absolute Gasteiger partial charge is 0.0476 e. The predicted octanol–water partition coefficient (Wildman–Crippen LogP) is 5.29. The molecule has 3 rings (SSSR count). The highest BCUT2D eigenvalue weighted by molar-refractivity contribution is 7.98. The molecule has 0 unspecified atom stereocenters. The second-order valence-electron chi connectivity index (χ2n) is 8.25. The molecule has 0 radical (unpaired) electrons. The van der Waals surface area contributed by atoms with E-state index in [0.29, 0.717) is 12.1 Å². The standard InChI is InChI=1S/C23H32N2S/c1-23(2,3)19-12-13-21(26-4)18(15-19)16-25-20-11-8-14-24-22(20)17-9-6-5-7-10-17/h5-7,9-10,12-13,15,20,22,24-25H,8,11,14,16H2,1-4H3/t20-,22-/m0/s1. The van der Waals surface area contributed by atoms with E-state index in [-0.39, 0.29) is 5.41 Å². The van der Waals surface area contributed by atoms with Gasteiger partial charge in [-0.15, -0.1) is 11.8 Å². The van der Waals surface area contributed by atoms with Gasteiger partial charge in [0.1, 0.15) is 0 Å². The van der Waals surface area contributed by atoms with Crippen LogP contribution in [-0.2, 0) is 12.0 Å². The molecule has 1 aliphatic rings. The maximum atomic E-state index is 3.86. The third kappa shape index (κ3) is 4.70. The minimum absolute atomic E-state index is 0.185. The summed E-state index contributed by atoms with van der Waals surface area (Å²) in [5.74, 6) is 0. The number of rotatable bonds is 5.